The van der Waals surface area contributed by atoms with E-state index in [9.17, 15) is 19.2 Å². The summed E-state index contributed by atoms with van der Waals surface area (Å²) in [6, 6.07) is 12.2. The van der Waals surface area contributed by atoms with Gasteiger partial charge in [0.1, 0.15) is 24.3 Å². The van der Waals surface area contributed by atoms with Gasteiger partial charge in [0.15, 0.2) is 0 Å². The Balaban J connectivity index is 0.884. The van der Waals surface area contributed by atoms with E-state index in [2.05, 4.69) is 10.3 Å². The quantitative estimate of drug-likeness (QED) is 0.448. The number of pyridine rings is 1. The number of hydrogen-bond acceptors (Lipinski definition) is 7. The molecule has 3 atom stereocenters. The molecule has 3 aliphatic heterocycles. The molecule has 226 valence electrons. The van der Waals surface area contributed by atoms with Crippen molar-refractivity contribution < 1.29 is 28.7 Å². The lowest BCUT2D eigenvalue weighted by Gasteiger charge is -2.58. The van der Waals surface area contributed by atoms with Crippen molar-refractivity contribution >= 4 is 23.9 Å². The van der Waals surface area contributed by atoms with Gasteiger partial charge in [-0.2, -0.15) is 0 Å². The highest BCUT2D eigenvalue weighted by Gasteiger charge is 2.59. The predicted molar refractivity (Wildman–Crippen MR) is 154 cm³/mol. The molecule has 1 aromatic heterocycles. The second kappa shape index (κ2) is 10.8. The number of imide groups is 1. The summed E-state index contributed by atoms with van der Waals surface area (Å²) in [5, 5.41) is 2.95. The molecule has 11 heteroatoms. The molecule has 11 nitrogen and oxygen atoms in total. The van der Waals surface area contributed by atoms with Crippen molar-refractivity contribution in [2.24, 2.45) is 17.1 Å². The van der Waals surface area contributed by atoms with E-state index < -0.39 is 11.9 Å². The Hall–Kier alpha value is -4.15. The highest BCUT2D eigenvalue weighted by molar-refractivity contribution is 6.04. The van der Waals surface area contributed by atoms with Crippen molar-refractivity contribution in [1.29, 1.82) is 0 Å². The molecule has 3 saturated heterocycles. The second-order valence-corrected chi connectivity index (χ2v) is 13.0. The van der Waals surface area contributed by atoms with Crippen LogP contribution in [0.1, 0.15) is 73.7 Å². The largest absolute Gasteiger partial charge is 0.474 e. The molecule has 43 heavy (non-hydrogen) atoms. The van der Waals surface area contributed by atoms with Crippen LogP contribution in [0.5, 0.6) is 5.88 Å². The number of ether oxygens (including phenoxy) is 2. The van der Waals surface area contributed by atoms with Crippen LogP contribution in [0, 0.1) is 11.3 Å². The van der Waals surface area contributed by atoms with Crippen LogP contribution in [0.3, 0.4) is 0 Å². The summed E-state index contributed by atoms with van der Waals surface area (Å²) >= 11 is 0. The maximum Gasteiger partial charge on any atom is 0.410 e. The summed E-state index contributed by atoms with van der Waals surface area (Å²) in [5.41, 5.74) is 6.71. The molecule has 4 heterocycles. The maximum absolute atomic E-state index is 13.4. The number of nitrogens with one attached hydrogen (secondary N) is 1. The van der Waals surface area contributed by atoms with Gasteiger partial charge in [-0.05, 0) is 86.8 Å². The van der Waals surface area contributed by atoms with Gasteiger partial charge in [-0.3, -0.25) is 14.5 Å². The first-order valence-electron chi connectivity index (χ1n) is 15.3. The number of urea groups is 1. The third-order valence-electron chi connectivity index (χ3n) is 10.2. The van der Waals surface area contributed by atoms with Gasteiger partial charge in [-0.25, -0.2) is 14.6 Å². The minimum atomic E-state index is -0.575. The van der Waals surface area contributed by atoms with Gasteiger partial charge in [0.2, 0.25) is 5.88 Å². The number of hydrogen-bond donors (Lipinski definition) is 2. The highest BCUT2D eigenvalue weighted by Crippen LogP contribution is 2.58. The van der Waals surface area contributed by atoms with E-state index in [0.29, 0.717) is 6.42 Å². The van der Waals surface area contributed by atoms with Gasteiger partial charge in [0.25, 0.3) is 11.8 Å². The summed E-state index contributed by atoms with van der Waals surface area (Å²) in [7, 11) is 0. The van der Waals surface area contributed by atoms with E-state index in [1.807, 2.05) is 35.2 Å². The number of carbonyl (C=O) groups excluding carboxylic acids is 4. The number of rotatable bonds is 8. The first-order valence-corrected chi connectivity index (χ1v) is 15.3. The smallest absolute Gasteiger partial charge is 0.410 e. The molecule has 3 N–H and O–H groups in total. The van der Waals surface area contributed by atoms with Gasteiger partial charge in [-0.15, -0.1) is 0 Å². The molecule has 1 aromatic carbocycles. The van der Waals surface area contributed by atoms with Crippen LogP contribution in [0.4, 0.5) is 9.59 Å². The van der Waals surface area contributed by atoms with Crippen molar-refractivity contribution in [2.45, 2.75) is 94.7 Å². The zero-order valence-electron chi connectivity index (χ0n) is 24.0. The average molecular weight is 588 g/mol. The number of benzene rings is 1. The van der Waals surface area contributed by atoms with Gasteiger partial charge >= 0.3 is 12.1 Å². The lowest BCUT2D eigenvalue weighted by molar-refractivity contribution is -0.141. The van der Waals surface area contributed by atoms with Crippen LogP contribution < -0.4 is 15.8 Å². The topological polar surface area (TPSA) is 144 Å². The minimum absolute atomic E-state index is 0.0524. The number of nitrogens with zero attached hydrogens (tertiary/aromatic N) is 3. The van der Waals surface area contributed by atoms with Crippen molar-refractivity contribution in [3.8, 4) is 5.88 Å². The Kier molecular flexibility index (Phi) is 6.98. The molecule has 5 fully saturated rings. The van der Waals surface area contributed by atoms with Crippen molar-refractivity contribution in [2.75, 3.05) is 0 Å². The summed E-state index contributed by atoms with van der Waals surface area (Å²) in [4.78, 5) is 58.4. The fourth-order valence-corrected chi connectivity index (χ4v) is 8.24. The monoisotopic (exact) mass is 587 g/mol. The number of fused-ring (bicyclic) bond motifs is 2. The Labute approximate surface area is 250 Å². The molecule has 2 bridgehead atoms. The number of amides is 5. The van der Waals surface area contributed by atoms with Crippen molar-refractivity contribution in [3.05, 3.63) is 59.8 Å². The van der Waals surface area contributed by atoms with E-state index in [1.54, 1.807) is 18.3 Å². The molecule has 1 spiro atoms. The first kappa shape index (κ1) is 27.7. The summed E-state index contributed by atoms with van der Waals surface area (Å²) in [6.07, 6.45) is 8.46. The van der Waals surface area contributed by atoms with Crippen LogP contribution in [-0.4, -0.2) is 69.0 Å². The zero-order valence-corrected chi connectivity index (χ0v) is 24.0. The fourth-order valence-electron chi connectivity index (χ4n) is 8.24. The van der Waals surface area contributed by atoms with Crippen LogP contribution in [0.25, 0.3) is 0 Å². The third-order valence-corrected chi connectivity index (χ3v) is 10.2. The minimum Gasteiger partial charge on any atom is -0.474 e. The zero-order chi connectivity index (χ0) is 29.7. The fraction of sp³-hybridized carbons (Fsp3) is 0.531. The molecule has 5 amide bonds. The predicted octanol–water partition coefficient (Wildman–Crippen LogP) is 3.76. The normalized spacial score (nSPS) is 32.7. The molecular formula is C32H37N5O6. The molecule has 5 aliphatic rings. The molecule has 2 saturated carbocycles. The Morgan fingerprint density at radius 3 is 2.40 bits per heavy atom. The molecule has 7 rings (SSSR count). The Bertz CT molecular complexity index is 1410. The third kappa shape index (κ3) is 5.19. The number of primary amides is 1. The first-order chi connectivity index (χ1) is 20.8. The molecule has 2 aliphatic carbocycles. The van der Waals surface area contributed by atoms with Gasteiger partial charge in [0.05, 0.1) is 0 Å². The number of piperidine rings is 1. The maximum atomic E-state index is 13.4. The van der Waals surface area contributed by atoms with E-state index >= 15 is 0 Å². The van der Waals surface area contributed by atoms with Gasteiger partial charge < -0.3 is 25.4 Å². The SMILES string of the molecule is NC(=O)c1cccnc1OC1CC2(C1)CC(N1C(=O)NC(CC3CC4CCC(C3)N4C(=O)OCc3ccccc3)C1=O)C2. The van der Waals surface area contributed by atoms with Crippen LogP contribution in [0.15, 0.2) is 48.7 Å². The summed E-state index contributed by atoms with van der Waals surface area (Å²) < 4.78 is 11.6. The van der Waals surface area contributed by atoms with E-state index in [4.69, 9.17) is 15.2 Å². The number of nitrogens with two attached hydrogens (primary N) is 1. The van der Waals surface area contributed by atoms with Gasteiger partial charge in [0, 0.05) is 24.3 Å². The Morgan fingerprint density at radius 2 is 1.70 bits per heavy atom. The summed E-state index contributed by atoms with van der Waals surface area (Å²) in [5.74, 6) is -0.188. The molecule has 2 aromatic rings. The van der Waals surface area contributed by atoms with Gasteiger partial charge in [-0.1, -0.05) is 30.3 Å². The van der Waals surface area contributed by atoms with E-state index in [0.717, 1.165) is 56.9 Å². The van der Waals surface area contributed by atoms with E-state index in [-0.39, 0.29) is 71.6 Å². The number of aromatic nitrogens is 1. The molecule has 3 unspecified atom stereocenters. The summed E-state index contributed by atoms with van der Waals surface area (Å²) in [6.45, 7) is 0.258. The molecular weight excluding hydrogens is 550 g/mol. The molecule has 0 radical (unpaired) electrons. The standard InChI is InChI=1S/C32H37N5O6/c33-27(38)25-7-4-10-34-28(25)43-24-16-32(17-24)14-23(15-32)37-29(39)26(35-30(37)40)13-20-11-21-8-9-22(12-20)36(21)31(41)42-18-19-5-2-1-3-6-19/h1-7,10,20-24,26H,8-9,11-18H2,(H2,33,38)(H,35,40). The average Bonchev–Trinajstić information content (AvgIpc) is 3.39. The second-order valence-electron chi connectivity index (χ2n) is 13.0. The van der Waals surface area contributed by atoms with Crippen LogP contribution in [-0.2, 0) is 16.1 Å². The van der Waals surface area contributed by atoms with Crippen molar-refractivity contribution in [1.82, 2.24) is 20.1 Å². The lowest BCUT2D eigenvalue weighted by atomic mass is 9.52. The van der Waals surface area contributed by atoms with Crippen LogP contribution >= 0.6 is 0 Å². The number of carbonyl (C=O) groups is 4. The lowest BCUT2D eigenvalue weighted by Crippen LogP contribution is -2.60. The van der Waals surface area contributed by atoms with E-state index in [1.165, 1.54) is 4.90 Å². The Morgan fingerprint density at radius 1 is 0.977 bits per heavy atom. The van der Waals surface area contributed by atoms with Crippen molar-refractivity contribution in [3.63, 3.8) is 0 Å². The highest BCUT2D eigenvalue weighted by atomic mass is 16.6. The van der Waals surface area contributed by atoms with Crippen LogP contribution in [0.2, 0.25) is 0 Å².